The van der Waals surface area contributed by atoms with Crippen LogP contribution in [-0.2, 0) is 6.54 Å². The third-order valence-electron chi connectivity index (χ3n) is 2.27. The predicted molar refractivity (Wildman–Crippen MR) is 70.9 cm³/mol. The van der Waals surface area contributed by atoms with Crippen LogP contribution in [0.5, 0.6) is 11.6 Å². The summed E-state index contributed by atoms with van der Waals surface area (Å²) in [5, 5.41) is 3.86. The van der Waals surface area contributed by atoms with Crippen LogP contribution in [0.3, 0.4) is 0 Å². The summed E-state index contributed by atoms with van der Waals surface area (Å²) in [4.78, 5) is 8.45. The zero-order valence-corrected chi connectivity index (χ0v) is 10.8. The summed E-state index contributed by atoms with van der Waals surface area (Å²) in [6.07, 6.45) is 3.31. The fourth-order valence-corrected chi connectivity index (χ4v) is 1.49. The number of aromatic nitrogens is 2. The molecule has 18 heavy (non-hydrogen) atoms. The Hall–Kier alpha value is -1.65. The largest absolute Gasteiger partial charge is 0.438 e. The lowest BCUT2D eigenvalue weighted by Crippen LogP contribution is -2.13. The number of benzene rings is 1. The molecule has 2 aromatic rings. The van der Waals surface area contributed by atoms with E-state index in [-0.39, 0.29) is 0 Å². The van der Waals surface area contributed by atoms with E-state index in [1.54, 1.807) is 36.7 Å². The highest BCUT2D eigenvalue weighted by molar-refractivity contribution is 6.30. The zero-order chi connectivity index (χ0) is 12.8. The van der Waals surface area contributed by atoms with E-state index in [9.17, 15) is 0 Å². The van der Waals surface area contributed by atoms with E-state index in [0.717, 1.165) is 12.2 Å². The highest BCUT2D eigenvalue weighted by Crippen LogP contribution is 2.20. The lowest BCUT2D eigenvalue weighted by Gasteiger charge is -2.05. The number of hydrogen-bond acceptors (Lipinski definition) is 4. The summed E-state index contributed by atoms with van der Waals surface area (Å²) in [5.41, 5.74) is 0.889. The van der Waals surface area contributed by atoms with Crippen molar-refractivity contribution >= 4 is 11.6 Å². The van der Waals surface area contributed by atoms with Crippen LogP contribution in [0, 0.1) is 0 Å². The van der Waals surface area contributed by atoms with E-state index in [4.69, 9.17) is 16.3 Å². The molecule has 94 valence electrons. The smallest absolute Gasteiger partial charge is 0.237 e. The van der Waals surface area contributed by atoms with Crippen molar-refractivity contribution in [3.05, 3.63) is 47.4 Å². The average Bonchev–Trinajstić information content (AvgIpc) is 2.41. The molecule has 1 aromatic heterocycles. The van der Waals surface area contributed by atoms with Gasteiger partial charge in [0.1, 0.15) is 5.75 Å². The van der Waals surface area contributed by atoms with Crippen molar-refractivity contribution < 1.29 is 4.74 Å². The molecule has 0 saturated heterocycles. The van der Waals surface area contributed by atoms with Gasteiger partial charge in [0, 0.05) is 11.6 Å². The molecular weight excluding hydrogens is 250 g/mol. The van der Waals surface area contributed by atoms with E-state index in [1.165, 1.54) is 0 Å². The zero-order valence-electron chi connectivity index (χ0n) is 10.1. The molecule has 1 heterocycles. The Kier molecular flexibility index (Phi) is 4.50. The molecule has 0 fully saturated rings. The normalized spacial score (nSPS) is 10.3. The van der Waals surface area contributed by atoms with E-state index >= 15 is 0 Å². The number of hydrogen-bond donors (Lipinski definition) is 1. The van der Waals surface area contributed by atoms with Gasteiger partial charge in [-0.25, -0.2) is 4.98 Å². The first-order valence-corrected chi connectivity index (χ1v) is 6.11. The van der Waals surface area contributed by atoms with E-state index in [0.29, 0.717) is 23.2 Å². The lowest BCUT2D eigenvalue weighted by atomic mass is 10.3. The summed E-state index contributed by atoms with van der Waals surface area (Å²) in [6.45, 7) is 3.67. The maximum atomic E-state index is 5.79. The van der Waals surface area contributed by atoms with E-state index < -0.39 is 0 Å². The summed E-state index contributed by atoms with van der Waals surface area (Å²) in [7, 11) is 0. The first-order chi connectivity index (χ1) is 8.78. The van der Waals surface area contributed by atoms with E-state index in [2.05, 4.69) is 15.3 Å². The van der Waals surface area contributed by atoms with Crippen molar-refractivity contribution in [3.8, 4) is 11.6 Å². The SMILES string of the molecule is CCNCc1cnc(Oc2ccc(Cl)cc2)cn1. The quantitative estimate of drug-likeness (QED) is 0.901. The molecular formula is C13H14ClN3O. The van der Waals surface area contributed by atoms with Crippen LogP contribution >= 0.6 is 11.6 Å². The van der Waals surface area contributed by atoms with Gasteiger partial charge in [0.05, 0.1) is 18.1 Å². The van der Waals surface area contributed by atoms with Gasteiger partial charge in [0.15, 0.2) is 0 Å². The van der Waals surface area contributed by atoms with Crippen LogP contribution < -0.4 is 10.1 Å². The third kappa shape index (κ3) is 3.68. The predicted octanol–water partition coefficient (Wildman–Crippen LogP) is 3.03. The minimum atomic E-state index is 0.470. The van der Waals surface area contributed by atoms with Gasteiger partial charge in [-0.05, 0) is 30.8 Å². The molecule has 1 aromatic carbocycles. The molecule has 0 atom stereocenters. The number of rotatable bonds is 5. The lowest BCUT2D eigenvalue weighted by molar-refractivity contribution is 0.459. The van der Waals surface area contributed by atoms with Crippen molar-refractivity contribution in [2.24, 2.45) is 0 Å². The second-order valence-corrected chi connectivity index (χ2v) is 4.12. The van der Waals surface area contributed by atoms with Gasteiger partial charge in [-0.15, -0.1) is 0 Å². The van der Waals surface area contributed by atoms with Crippen molar-refractivity contribution in [2.45, 2.75) is 13.5 Å². The minimum absolute atomic E-state index is 0.470. The molecule has 0 spiro atoms. The van der Waals surface area contributed by atoms with Crippen LogP contribution in [0.1, 0.15) is 12.6 Å². The van der Waals surface area contributed by atoms with Crippen molar-refractivity contribution in [3.63, 3.8) is 0 Å². The molecule has 0 aliphatic heterocycles. The van der Waals surface area contributed by atoms with Gasteiger partial charge in [0.2, 0.25) is 5.88 Å². The van der Waals surface area contributed by atoms with Crippen LogP contribution in [0.4, 0.5) is 0 Å². The third-order valence-corrected chi connectivity index (χ3v) is 2.53. The number of nitrogens with one attached hydrogen (secondary N) is 1. The number of ether oxygens (including phenoxy) is 1. The maximum Gasteiger partial charge on any atom is 0.237 e. The fraction of sp³-hybridized carbons (Fsp3) is 0.231. The summed E-state index contributed by atoms with van der Waals surface area (Å²) in [5.74, 6) is 1.16. The molecule has 0 aliphatic carbocycles. The van der Waals surface area contributed by atoms with Gasteiger partial charge in [-0.3, -0.25) is 4.98 Å². The van der Waals surface area contributed by atoms with Gasteiger partial charge < -0.3 is 10.1 Å². The number of nitrogens with zero attached hydrogens (tertiary/aromatic N) is 2. The molecule has 2 rings (SSSR count). The summed E-state index contributed by atoms with van der Waals surface area (Å²) >= 11 is 5.79. The molecule has 4 nitrogen and oxygen atoms in total. The molecule has 1 N–H and O–H groups in total. The maximum absolute atomic E-state index is 5.79. The monoisotopic (exact) mass is 263 g/mol. The van der Waals surface area contributed by atoms with Crippen LogP contribution in [0.15, 0.2) is 36.7 Å². The Bertz CT molecular complexity index is 485. The Labute approximate surface area is 111 Å². The molecule has 0 radical (unpaired) electrons. The highest BCUT2D eigenvalue weighted by Gasteiger charge is 2.00. The van der Waals surface area contributed by atoms with Gasteiger partial charge in [0.25, 0.3) is 0 Å². The molecule has 0 bridgehead atoms. The van der Waals surface area contributed by atoms with Gasteiger partial charge in [-0.2, -0.15) is 0 Å². The molecule has 0 unspecified atom stereocenters. The fourth-order valence-electron chi connectivity index (χ4n) is 1.36. The Morgan fingerprint density at radius 2 is 1.94 bits per heavy atom. The molecule has 0 saturated carbocycles. The van der Waals surface area contributed by atoms with Gasteiger partial charge in [-0.1, -0.05) is 18.5 Å². The highest BCUT2D eigenvalue weighted by atomic mass is 35.5. The Morgan fingerprint density at radius 3 is 2.56 bits per heavy atom. The van der Waals surface area contributed by atoms with Gasteiger partial charge >= 0.3 is 0 Å². The molecule has 5 heteroatoms. The van der Waals surface area contributed by atoms with Crippen LogP contribution in [-0.4, -0.2) is 16.5 Å². The summed E-state index contributed by atoms with van der Waals surface area (Å²) in [6, 6.07) is 7.11. The first-order valence-electron chi connectivity index (χ1n) is 5.73. The second kappa shape index (κ2) is 6.33. The molecule has 0 amide bonds. The Balaban J connectivity index is 1.99. The first kappa shape index (κ1) is 12.8. The van der Waals surface area contributed by atoms with Crippen molar-refractivity contribution in [1.29, 1.82) is 0 Å². The van der Waals surface area contributed by atoms with Crippen LogP contribution in [0.25, 0.3) is 0 Å². The van der Waals surface area contributed by atoms with Crippen molar-refractivity contribution in [2.75, 3.05) is 6.54 Å². The minimum Gasteiger partial charge on any atom is -0.438 e. The van der Waals surface area contributed by atoms with Crippen molar-refractivity contribution in [1.82, 2.24) is 15.3 Å². The average molecular weight is 264 g/mol. The summed E-state index contributed by atoms with van der Waals surface area (Å²) < 4.78 is 5.54. The second-order valence-electron chi connectivity index (χ2n) is 3.68. The van der Waals surface area contributed by atoms with E-state index in [1.807, 2.05) is 6.92 Å². The molecule has 0 aliphatic rings. The van der Waals surface area contributed by atoms with Crippen LogP contribution in [0.2, 0.25) is 5.02 Å². The topological polar surface area (TPSA) is 47.0 Å². The Morgan fingerprint density at radius 1 is 1.17 bits per heavy atom. The number of halogens is 1. The standard InChI is InChI=1S/C13H14ClN3O/c1-2-15-7-11-8-17-13(9-16-11)18-12-5-3-10(14)4-6-12/h3-6,8-9,15H,2,7H2,1H3.